The number of hydrogen-bond acceptors (Lipinski definition) is 1. The molecule has 0 aliphatic rings. The lowest BCUT2D eigenvalue weighted by Crippen LogP contribution is -2.10. The van der Waals surface area contributed by atoms with Gasteiger partial charge >= 0.3 is 0 Å². The molecule has 0 aromatic carbocycles. The molecule has 0 bridgehead atoms. The highest BCUT2D eigenvalue weighted by Gasteiger charge is 2.07. The molecular weight excluding hydrogens is 164 g/mol. The molecule has 0 atom stereocenters. The van der Waals surface area contributed by atoms with Crippen LogP contribution < -0.4 is 5.56 Å². The largest absolute Gasteiger partial charge is 0.290 e. The van der Waals surface area contributed by atoms with Gasteiger partial charge in [-0.05, 0) is 26.2 Å². The van der Waals surface area contributed by atoms with Crippen LogP contribution in [0.2, 0.25) is 0 Å². The van der Waals surface area contributed by atoms with Crippen LogP contribution in [0.1, 0.15) is 39.3 Å². The van der Waals surface area contributed by atoms with Crippen LogP contribution in [0.4, 0.5) is 0 Å². The molecule has 3 nitrogen and oxygen atoms in total. The van der Waals surface area contributed by atoms with E-state index in [0.29, 0.717) is 12.0 Å². The van der Waals surface area contributed by atoms with Gasteiger partial charge in [0.05, 0.1) is 0 Å². The van der Waals surface area contributed by atoms with Gasteiger partial charge in [0.25, 0.3) is 5.56 Å². The first-order valence-electron chi connectivity index (χ1n) is 4.80. The third-order valence-corrected chi connectivity index (χ3v) is 2.00. The second kappa shape index (κ2) is 3.81. The van der Waals surface area contributed by atoms with Gasteiger partial charge in [0.15, 0.2) is 0 Å². The molecule has 0 amide bonds. The van der Waals surface area contributed by atoms with Gasteiger partial charge in [-0.2, -0.15) is 0 Å². The van der Waals surface area contributed by atoms with Gasteiger partial charge in [0.2, 0.25) is 0 Å². The second-order valence-corrected chi connectivity index (χ2v) is 4.19. The van der Waals surface area contributed by atoms with Crippen molar-refractivity contribution in [3.05, 3.63) is 22.1 Å². The van der Waals surface area contributed by atoms with E-state index < -0.39 is 0 Å². The van der Waals surface area contributed by atoms with E-state index in [0.717, 1.165) is 12.0 Å². The quantitative estimate of drug-likeness (QED) is 0.762. The molecule has 1 N–H and O–H groups in total. The van der Waals surface area contributed by atoms with Crippen molar-refractivity contribution in [1.29, 1.82) is 0 Å². The van der Waals surface area contributed by atoms with E-state index in [1.807, 2.05) is 10.9 Å². The molecule has 0 saturated heterocycles. The fourth-order valence-corrected chi connectivity index (χ4v) is 1.31. The molecule has 0 saturated carbocycles. The SMILES string of the molecule is CC(C)Cc1cn(C(C)C)[nH]c1=O. The Labute approximate surface area is 78.8 Å². The summed E-state index contributed by atoms with van der Waals surface area (Å²) in [4.78, 5) is 11.4. The van der Waals surface area contributed by atoms with E-state index in [1.165, 1.54) is 0 Å². The first kappa shape index (κ1) is 10.1. The van der Waals surface area contributed by atoms with Gasteiger partial charge in [-0.25, -0.2) is 0 Å². The average Bonchev–Trinajstić information content (AvgIpc) is 2.31. The Hall–Kier alpha value is -0.990. The van der Waals surface area contributed by atoms with E-state index >= 15 is 0 Å². The van der Waals surface area contributed by atoms with E-state index in [1.54, 1.807) is 0 Å². The lowest BCUT2D eigenvalue weighted by molar-refractivity contribution is 0.528. The lowest BCUT2D eigenvalue weighted by atomic mass is 10.1. The molecule has 1 aromatic rings. The highest BCUT2D eigenvalue weighted by Crippen LogP contribution is 2.06. The van der Waals surface area contributed by atoms with E-state index in [-0.39, 0.29) is 5.56 Å². The molecule has 1 rings (SSSR count). The fraction of sp³-hybridized carbons (Fsp3) is 0.700. The molecule has 0 aliphatic carbocycles. The molecule has 0 radical (unpaired) electrons. The molecule has 74 valence electrons. The van der Waals surface area contributed by atoms with Crippen molar-refractivity contribution >= 4 is 0 Å². The van der Waals surface area contributed by atoms with Crippen LogP contribution in [0.3, 0.4) is 0 Å². The number of aromatic nitrogens is 2. The van der Waals surface area contributed by atoms with Crippen LogP contribution in [-0.2, 0) is 6.42 Å². The van der Waals surface area contributed by atoms with Crippen LogP contribution >= 0.6 is 0 Å². The van der Waals surface area contributed by atoms with Crippen LogP contribution in [0.15, 0.2) is 11.0 Å². The summed E-state index contributed by atoms with van der Waals surface area (Å²) < 4.78 is 1.86. The van der Waals surface area contributed by atoms with Crippen molar-refractivity contribution < 1.29 is 0 Å². The normalized spacial score (nSPS) is 11.5. The van der Waals surface area contributed by atoms with E-state index in [9.17, 15) is 4.79 Å². The molecular formula is C10H18N2O. The summed E-state index contributed by atoms with van der Waals surface area (Å²) in [6.45, 7) is 8.34. The van der Waals surface area contributed by atoms with Gasteiger partial charge in [-0.1, -0.05) is 13.8 Å². The predicted octanol–water partition coefficient (Wildman–Crippen LogP) is 1.96. The molecule has 13 heavy (non-hydrogen) atoms. The first-order valence-corrected chi connectivity index (χ1v) is 4.80. The minimum Gasteiger partial charge on any atom is -0.290 e. The van der Waals surface area contributed by atoms with E-state index in [4.69, 9.17) is 0 Å². The number of nitrogens with one attached hydrogen (secondary N) is 1. The molecule has 0 spiro atoms. The summed E-state index contributed by atoms with van der Waals surface area (Å²) in [6, 6.07) is 0.327. The second-order valence-electron chi connectivity index (χ2n) is 4.19. The Balaban J connectivity index is 2.90. The molecule has 0 aliphatic heterocycles. The predicted molar refractivity (Wildman–Crippen MR) is 54.0 cm³/mol. The van der Waals surface area contributed by atoms with Gasteiger partial charge in [-0.15, -0.1) is 0 Å². The number of rotatable bonds is 3. The minimum absolute atomic E-state index is 0.0578. The molecule has 0 fully saturated rings. The van der Waals surface area contributed by atoms with E-state index in [2.05, 4.69) is 32.8 Å². The Bertz CT molecular complexity index is 320. The molecule has 1 aromatic heterocycles. The van der Waals surface area contributed by atoms with Crippen molar-refractivity contribution in [3.63, 3.8) is 0 Å². The van der Waals surface area contributed by atoms with Crippen LogP contribution in [0.5, 0.6) is 0 Å². The fourth-order valence-electron chi connectivity index (χ4n) is 1.31. The third-order valence-electron chi connectivity index (χ3n) is 2.00. The molecule has 1 heterocycles. The van der Waals surface area contributed by atoms with Crippen molar-refractivity contribution in [2.45, 2.75) is 40.2 Å². The Kier molecular flexibility index (Phi) is 2.96. The summed E-state index contributed by atoms with van der Waals surface area (Å²) in [5.74, 6) is 0.532. The highest BCUT2D eigenvalue weighted by atomic mass is 16.1. The summed E-state index contributed by atoms with van der Waals surface area (Å²) in [7, 11) is 0. The van der Waals surface area contributed by atoms with Gasteiger partial charge < -0.3 is 0 Å². The number of hydrogen-bond donors (Lipinski definition) is 1. The number of H-pyrrole nitrogens is 1. The van der Waals surface area contributed by atoms with Crippen molar-refractivity contribution in [2.75, 3.05) is 0 Å². The van der Waals surface area contributed by atoms with Crippen LogP contribution in [0.25, 0.3) is 0 Å². The number of aromatic amines is 1. The smallest absolute Gasteiger partial charge is 0.267 e. The molecule has 3 heteroatoms. The van der Waals surface area contributed by atoms with Gasteiger partial charge in [0.1, 0.15) is 0 Å². The zero-order valence-electron chi connectivity index (χ0n) is 8.79. The summed E-state index contributed by atoms with van der Waals surface area (Å²) in [5.41, 5.74) is 0.950. The highest BCUT2D eigenvalue weighted by molar-refractivity contribution is 5.05. The van der Waals surface area contributed by atoms with Crippen molar-refractivity contribution in [1.82, 2.24) is 9.78 Å². The standard InChI is InChI=1S/C10H18N2O/c1-7(2)5-9-6-12(8(3)4)11-10(9)13/h6-8H,5H2,1-4H3,(H,11,13). The van der Waals surface area contributed by atoms with Crippen LogP contribution in [-0.4, -0.2) is 9.78 Å². The van der Waals surface area contributed by atoms with Crippen molar-refractivity contribution in [2.24, 2.45) is 5.92 Å². The zero-order chi connectivity index (χ0) is 10.0. The first-order chi connectivity index (χ1) is 6.00. The average molecular weight is 182 g/mol. The summed E-state index contributed by atoms with van der Waals surface area (Å²) in [6.07, 6.45) is 2.78. The Morgan fingerprint density at radius 2 is 2.00 bits per heavy atom. The van der Waals surface area contributed by atoms with Crippen molar-refractivity contribution in [3.8, 4) is 0 Å². The number of nitrogens with zero attached hydrogens (tertiary/aromatic N) is 1. The van der Waals surface area contributed by atoms with Gasteiger partial charge in [0, 0.05) is 17.8 Å². The van der Waals surface area contributed by atoms with Gasteiger partial charge in [-0.3, -0.25) is 14.6 Å². The summed E-state index contributed by atoms with van der Waals surface area (Å²) in [5, 5.41) is 2.81. The minimum atomic E-state index is 0.0578. The molecule has 0 unspecified atom stereocenters. The summed E-state index contributed by atoms with van der Waals surface area (Å²) >= 11 is 0. The topological polar surface area (TPSA) is 37.8 Å². The monoisotopic (exact) mass is 182 g/mol. The maximum atomic E-state index is 11.4. The third kappa shape index (κ3) is 2.47. The Morgan fingerprint density at radius 3 is 2.38 bits per heavy atom. The van der Waals surface area contributed by atoms with Crippen LogP contribution in [0, 0.1) is 5.92 Å². The lowest BCUT2D eigenvalue weighted by Gasteiger charge is -2.04. The maximum absolute atomic E-state index is 11.4. The zero-order valence-corrected chi connectivity index (χ0v) is 8.79. The Morgan fingerprint density at radius 1 is 1.38 bits per heavy atom. The maximum Gasteiger partial charge on any atom is 0.267 e.